The monoisotopic (exact) mass is 184 g/mol. The van der Waals surface area contributed by atoms with E-state index in [0.717, 1.165) is 11.1 Å². The van der Waals surface area contributed by atoms with Crippen molar-refractivity contribution < 1.29 is 0 Å². The minimum atomic E-state index is 0.633. The summed E-state index contributed by atoms with van der Waals surface area (Å²) in [6.07, 6.45) is 5.24. The van der Waals surface area contributed by atoms with Gasteiger partial charge in [-0.05, 0) is 37.1 Å². The maximum absolute atomic E-state index is 8.42. The Morgan fingerprint density at radius 1 is 1.29 bits per heavy atom. The summed E-state index contributed by atoms with van der Waals surface area (Å²) < 4.78 is 0. The highest BCUT2D eigenvalue weighted by molar-refractivity contribution is 6.23. The van der Waals surface area contributed by atoms with Crippen LogP contribution in [0.2, 0.25) is 0 Å². The Balaban J connectivity index is 3.17. The molecule has 0 amide bonds. The molecule has 0 aliphatic heterocycles. The highest BCUT2D eigenvalue weighted by atomic mass is 15.2. The molecule has 4 nitrogen and oxygen atoms in total. The van der Waals surface area contributed by atoms with E-state index in [1.807, 2.05) is 13.8 Å². The highest BCUT2D eigenvalue weighted by Gasteiger charge is 2.12. The number of nitrogens with zero attached hydrogens (tertiary/aromatic N) is 4. The molecule has 68 valence electrons. The second kappa shape index (κ2) is 4.15. The van der Waals surface area contributed by atoms with E-state index in [1.54, 1.807) is 18.3 Å². The number of hydrogen-bond acceptors (Lipinski definition) is 3. The van der Waals surface area contributed by atoms with Crippen molar-refractivity contribution in [2.45, 2.75) is 13.8 Å². The molecule has 14 heavy (non-hydrogen) atoms. The summed E-state index contributed by atoms with van der Waals surface area (Å²) in [4.78, 5) is 6.62. The third kappa shape index (κ3) is 1.94. The molecule has 4 heteroatoms. The van der Waals surface area contributed by atoms with Crippen molar-refractivity contribution in [2.75, 3.05) is 0 Å². The van der Waals surface area contributed by atoms with Crippen LogP contribution in [0.15, 0.2) is 33.4 Å². The van der Waals surface area contributed by atoms with Crippen LogP contribution < -0.4 is 0 Å². The first kappa shape index (κ1) is 9.88. The highest BCUT2D eigenvalue weighted by Crippen LogP contribution is 2.13. The number of hydrogen-bond donors (Lipinski definition) is 0. The van der Waals surface area contributed by atoms with Gasteiger partial charge < -0.3 is 0 Å². The summed E-state index contributed by atoms with van der Waals surface area (Å²) in [6, 6.07) is 0. The molecule has 0 atom stereocenters. The van der Waals surface area contributed by atoms with E-state index in [9.17, 15) is 0 Å². The molecular formula is C10H8N4. The van der Waals surface area contributed by atoms with Crippen molar-refractivity contribution in [3.8, 4) is 6.19 Å². The minimum Gasteiger partial charge on any atom is -0.181 e. The Bertz CT molecular complexity index is 405. The molecule has 0 saturated heterocycles. The van der Waals surface area contributed by atoms with Gasteiger partial charge in [-0.2, -0.15) is 16.8 Å². The third-order valence-corrected chi connectivity index (χ3v) is 1.84. The van der Waals surface area contributed by atoms with E-state index in [4.69, 9.17) is 11.8 Å². The third-order valence-electron chi connectivity index (χ3n) is 1.84. The fourth-order valence-corrected chi connectivity index (χ4v) is 1.12. The normalized spacial score (nSPS) is 21.1. The molecule has 0 aromatic heterocycles. The SMILES string of the molecule is [C-]#[N+]/N=C1/C=C(C)C(=NC#N)C=C1C. The van der Waals surface area contributed by atoms with Crippen molar-refractivity contribution in [1.82, 2.24) is 0 Å². The molecule has 0 aromatic carbocycles. The predicted molar refractivity (Wildman–Crippen MR) is 54.6 cm³/mol. The molecule has 0 bridgehead atoms. The van der Waals surface area contributed by atoms with Gasteiger partial charge in [0.1, 0.15) is 5.71 Å². The van der Waals surface area contributed by atoms with Crippen LogP contribution in [0.5, 0.6) is 0 Å². The van der Waals surface area contributed by atoms with Gasteiger partial charge in [-0.1, -0.05) is 0 Å². The Labute approximate surface area is 82.4 Å². The lowest BCUT2D eigenvalue weighted by molar-refractivity contribution is 1.40. The first-order valence-electron chi connectivity index (χ1n) is 3.97. The quantitative estimate of drug-likeness (QED) is 0.246. The van der Waals surface area contributed by atoms with Gasteiger partial charge in [-0.25, -0.2) is 0 Å². The molecule has 0 aromatic rings. The average Bonchev–Trinajstić information content (AvgIpc) is 2.14. The van der Waals surface area contributed by atoms with Crippen molar-refractivity contribution in [3.05, 3.63) is 34.8 Å². The van der Waals surface area contributed by atoms with Crippen molar-refractivity contribution in [3.63, 3.8) is 0 Å². The van der Waals surface area contributed by atoms with E-state index in [2.05, 4.69) is 15.0 Å². The predicted octanol–water partition coefficient (Wildman–Crippen LogP) is 2.09. The van der Waals surface area contributed by atoms with Crippen molar-refractivity contribution in [2.24, 2.45) is 10.1 Å². The largest absolute Gasteiger partial charge is 0.206 e. The standard InChI is InChI=1S/C10H8N4/c1-7-5-10(14-12-3)8(2)4-9(7)13-6-11/h4-5H,1-2H3/b13-9?,14-10-. The summed E-state index contributed by atoms with van der Waals surface area (Å²) in [6.45, 7) is 10.3. The van der Waals surface area contributed by atoms with Crippen molar-refractivity contribution >= 4 is 11.4 Å². The Morgan fingerprint density at radius 3 is 2.43 bits per heavy atom. The molecule has 1 rings (SSSR count). The van der Waals surface area contributed by atoms with Crippen LogP contribution in [-0.4, -0.2) is 11.4 Å². The van der Waals surface area contributed by atoms with Gasteiger partial charge in [0, 0.05) is 0 Å². The minimum absolute atomic E-state index is 0.633. The molecule has 0 N–H and O–H groups in total. The molecule has 0 saturated carbocycles. The van der Waals surface area contributed by atoms with Crippen LogP contribution in [0.1, 0.15) is 13.8 Å². The molecular weight excluding hydrogens is 176 g/mol. The average molecular weight is 184 g/mol. The van der Waals surface area contributed by atoms with Crippen LogP contribution in [0.25, 0.3) is 4.95 Å². The lowest BCUT2D eigenvalue weighted by atomic mass is 9.98. The van der Waals surface area contributed by atoms with E-state index >= 15 is 0 Å². The Hall–Kier alpha value is -2.20. The maximum Gasteiger partial charge on any atom is 0.206 e. The number of nitriles is 1. The van der Waals surface area contributed by atoms with Gasteiger partial charge in [-0.15, -0.1) is 4.95 Å². The molecule has 0 unspecified atom stereocenters. The van der Waals surface area contributed by atoms with E-state index in [0.29, 0.717) is 11.4 Å². The van der Waals surface area contributed by atoms with E-state index in [-0.39, 0.29) is 0 Å². The second-order valence-corrected chi connectivity index (χ2v) is 2.84. The van der Waals surface area contributed by atoms with Crippen LogP contribution >= 0.6 is 0 Å². The van der Waals surface area contributed by atoms with E-state index in [1.165, 1.54) is 0 Å². The summed E-state index contributed by atoms with van der Waals surface area (Å²) in [5, 5.41) is 12.1. The molecule has 0 fully saturated rings. The summed E-state index contributed by atoms with van der Waals surface area (Å²) in [5.74, 6) is 0. The molecule has 0 heterocycles. The summed E-state index contributed by atoms with van der Waals surface area (Å²) >= 11 is 0. The Morgan fingerprint density at radius 2 is 1.86 bits per heavy atom. The number of rotatable bonds is 0. The first-order chi connectivity index (χ1) is 6.69. The lowest BCUT2D eigenvalue weighted by Gasteiger charge is -2.07. The maximum atomic E-state index is 8.42. The summed E-state index contributed by atoms with van der Waals surface area (Å²) in [5.41, 5.74) is 2.96. The van der Waals surface area contributed by atoms with Crippen LogP contribution in [0.4, 0.5) is 0 Å². The van der Waals surface area contributed by atoms with Gasteiger partial charge >= 0.3 is 0 Å². The zero-order valence-electron chi connectivity index (χ0n) is 7.94. The zero-order valence-corrected chi connectivity index (χ0v) is 7.94. The van der Waals surface area contributed by atoms with Gasteiger partial charge in [0.25, 0.3) is 0 Å². The van der Waals surface area contributed by atoms with Crippen LogP contribution in [0.3, 0.4) is 0 Å². The Kier molecular flexibility index (Phi) is 2.93. The summed E-state index contributed by atoms with van der Waals surface area (Å²) in [7, 11) is 0. The zero-order chi connectivity index (χ0) is 10.6. The fourth-order valence-electron chi connectivity index (χ4n) is 1.12. The van der Waals surface area contributed by atoms with Crippen LogP contribution in [-0.2, 0) is 0 Å². The van der Waals surface area contributed by atoms with Crippen molar-refractivity contribution in [1.29, 1.82) is 5.26 Å². The molecule has 1 aliphatic carbocycles. The number of aliphatic imine (C=N–C) groups is 1. The van der Waals surface area contributed by atoms with Gasteiger partial charge in [0.05, 0.1) is 10.8 Å². The molecule has 0 radical (unpaired) electrons. The van der Waals surface area contributed by atoms with E-state index < -0.39 is 0 Å². The molecule has 1 aliphatic rings. The smallest absolute Gasteiger partial charge is 0.181 e. The topological polar surface area (TPSA) is 52.9 Å². The second-order valence-electron chi connectivity index (χ2n) is 2.84. The molecule has 0 spiro atoms. The number of allylic oxidation sites excluding steroid dienone is 4. The first-order valence-corrected chi connectivity index (χ1v) is 3.97. The van der Waals surface area contributed by atoms with Crippen LogP contribution in [0, 0.1) is 18.0 Å². The lowest BCUT2D eigenvalue weighted by Crippen LogP contribution is -2.09. The fraction of sp³-hybridized carbons (Fsp3) is 0.200. The van der Waals surface area contributed by atoms with Gasteiger partial charge in [0.15, 0.2) is 0 Å². The van der Waals surface area contributed by atoms with Gasteiger partial charge in [0.2, 0.25) is 6.19 Å². The van der Waals surface area contributed by atoms with Gasteiger partial charge in [-0.3, -0.25) is 0 Å².